The van der Waals surface area contributed by atoms with E-state index in [-0.39, 0.29) is 5.91 Å². The third-order valence-electron chi connectivity index (χ3n) is 4.78. The summed E-state index contributed by atoms with van der Waals surface area (Å²) in [5.41, 5.74) is 4.46. The first-order valence-corrected chi connectivity index (χ1v) is 10.4. The normalized spacial score (nSPS) is 10.5. The second kappa shape index (κ2) is 11.0. The van der Waals surface area contributed by atoms with Crippen LogP contribution < -0.4 is 15.4 Å². The van der Waals surface area contributed by atoms with Gasteiger partial charge >= 0.3 is 0 Å². The Morgan fingerprint density at radius 2 is 1.93 bits per heavy atom. The lowest BCUT2D eigenvalue weighted by Gasteiger charge is -2.13. The number of aromatic nitrogens is 1. The molecule has 0 atom stereocenters. The quantitative estimate of drug-likeness (QED) is 0.431. The van der Waals surface area contributed by atoms with Gasteiger partial charge in [0.05, 0.1) is 5.69 Å². The molecule has 0 saturated heterocycles. The van der Waals surface area contributed by atoms with Gasteiger partial charge in [0.2, 0.25) is 0 Å². The molecule has 1 heterocycles. The van der Waals surface area contributed by atoms with E-state index in [1.54, 1.807) is 6.20 Å². The number of rotatable bonds is 10. The molecule has 2 aromatic carbocycles. The first-order chi connectivity index (χ1) is 14.7. The molecule has 0 spiro atoms. The van der Waals surface area contributed by atoms with E-state index in [9.17, 15) is 4.79 Å². The minimum Gasteiger partial charge on any atom is -0.487 e. The fourth-order valence-electron chi connectivity index (χ4n) is 3.08. The first kappa shape index (κ1) is 21.4. The second-order valence-corrected chi connectivity index (χ2v) is 7.26. The summed E-state index contributed by atoms with van der Waals surface area (Å²) in [6, 6.07) is 19.3. The van der Waals surface area contributed by atoms with Crippen LogP contribution in [0.2, 0.25) is 0 Å². The number of ether oxygens (including phenoxy) is 1. The van der Waals surface area contributed by atoms with Gasteiger partial charge in [0.1, 0.15) is 12.4 Å². The van der Waals surface area contributed by atoms with Crippen molar-refractivity contribution in [3.05, 3.63) is 83.7 Å². The molecule has 0 saturated carbocycles. The Bertz CT molecular complexity index is 958. The Morgan fingerprint density at radius 1 is 1.03 bits per heavy atom. The fourth-order valence-corrected chi connectivity index (χ4v) is 3.08. The van der Waals surface area contributed by atoms with Crippen molar-refractivity contribution >= 4 is 17.3 Å². The van der Waals surface area contributed by atoms with Crippen LogP contribution in [0.1, 0.15) is 47.8 Å². The van der Waals surface area contributed by atoms with E-state index in [2.05, 4.69) is 22.5 Å². The van der Waals surface area contributed by atoms with Gasteiger partial charge in [-0.25, -0.2) is 0 Å². The van der Waals surface area contributed by atoms with Gasteiger partial charge in [-0.1, -0.05) is 31.9 Å². The third kappa shape index (κ3) is 6.34. The first-order valence-electron chi connectivity index (χ1n) is 10.4. The van der Waals surface area contributed by atoms with Gasteiger partial charge in [0.15, 0.2) is 0 Å². The molecule has 0 radical (unpaired) electrons. The van der Waals surface area contributed by atoms with Crippen LogP contribution >= 0.6 is 0 Å². The zero-order chi connectivity index (χ0) is 21.2. The molecule has 0 aliphatic carbocycles. The van der Waals surface area contributed by atoms with Crippen molar-refractivity contribution in [2.75, 3.05) is 11.9 Å². The monoisotopic (exact) mass is 403 g/mol. The highest BCUT2D eigenvalue weighted by atomic mass is 16.5. The largest absolute Gasteiger partial charge is 0.487 e. The fraction of sp³-hybridized carbons (Fsp3) is 0.280. The molecule has 1 amide bonds. The number of carbonyl (C=O) groups is 1. The van der Waals surface area contributed by atoms with Crippen LogP contribution in [0.25, 0.3) is 0 Å². The summed E-state index contributed by atoms with van der Waals surface area (Å²) in [5, 5.41) is 6.38. The predicted molar refractivity (Wildman–Crippen MR) is 121 cm³/mol. The van der Waals surface area contributed by atoms with Gasteiger partial charge in [-0.05, 0) is 67.4 Å². The molecule has 30 heavy (non-hydrogen) atoms. The molecule has 5 nitrogen and oxygen atoms in total. The van der Waals surface area contributed by atoms with Crippen molar-refractivity contribution in [1.82, 2.24) is 10.3 Å². The minimum absolute atomic E-state index is 0.0373. The van der Waals surface area contributed by atoms with Gasteiger partial charge < -0.3 is 15.4 Å². The van der Waals surface area contributed by atoms with Crippen molar-refractivity contribution < 1.29 is 9.53 Å². The standard InChI is InChI=1S/C25H29N3O2/c1-3-4-6-15-27-25(29)20-9-8-11-21(17-20)28-24-13-12-23(16-19(24)2)30-18-22-10-5-7-14-26-22/h5,7-14,16-17,28H,3-4,6,15,18H2,1-2H3,(H,27,29). The SMILES string of the molecule is CCCCCNC(=O)c1cccc(Nc2ccc(OCc3ccccn3)cc2C)c1. The number of nitrogens with zero attached hydrogens (tertiary/aromatic N) is 1. The Kier molecular flexibility index (Phi) is 7.84. The molecular weight excluding hydrogens is 374 g/mol. The smallest absolute Gasteiger partial charge is 0.251 e. The molecule has 156 valence electrons. The molecule has 2 N–H and O–H groups in total. The molecule has 0 bridgehead atoms. The maximum absolute atomic E-state index is 12.4. The molecule has 1 aromatic heterocycles. The van der Waals surface area contributed by atoms with Gasteiger partial charge in [0.25, 0.3) is 5.91 Å². The van der Waals surface area contributed by atoms with Crippen LogP contribution in [-0.4, -0.2) is 17.4 Å². The number of unbranched alkanes of at least 4 members (excludes halogenated alkanes) is 2. The molecule has 0 fully saturated rings. The highest BCUT2D eigenvalue weighted by Crippen LogP contribution is 2.25. The average molecular weight is 404 g/mol. The van der Waals surface area contributed by atoms with E-state index in [0.717, 1.165) is 47.6 Å². The Labute approximate surface area is 178 Å². The zero-order valence-corrected chi connectivity index (χ0v) is 17.7. The molecular formula is C25H29N3O2. The summed E-state index contributed by atoms with van der Waals surface area (Å²) < 4.78 is 5.84. The van der Waals surface area contributed by atoms with E-state index in [1.807, 2.05) is 67.6 Å². The highest BCUT2D eigenvalue weighted by Gasteiger charge is 2.07. The summed E-state index contributed by atoms with van der Waals surface area (Å²) in [6.45, 7) is 5.32. The molecule has 5 heteroatoms. The topological polar surface area (TPSA) is 63.2 Å². The zero-order valence-electron chi connectivity index (χ0n) is 17.7. The van der Waals surface area contributed by atoms with E-state index < -0.39 is 0 Å². The lowest BCUT2D eigenvalue weighted by atomic mass is 10.1. The van der Waals surface area contributed by atoms with Gasteiger partial charge in [-0.15, -0.1) is 0 Å². The lowest BCUT2D eigenvalue weighted by Crippen LogP contribution is -2.24. The number of carbonyl (C=O) groups excluding carboxylic acids is 1. The van der Waals surface area contributed by atoms with E-state index >= 15 is 0 Å². The molecule has 3 rings (SSSR count). The van der Waals surface area contributed by atoms with Gasteiger partial charge in [-0.2, -0.15) is 0 Å². The number of benzene rings is 2. The molecule has 0 aliphatic heterocycles. The second-order valence-electron chi connectivity index (χ2n) is 7.26. The number of amides is 1. The lowest BCUT2D eigenvalue weighted by molar-refractivity contribution is 0.0953. The van der Waals surface area contributed by atoms with Crippen LogP contribution in [0.3, 0.4) is 0 Å². The van der Waals surface area contributed by atoms with Crippen molar-refractivity contribution in [1.29, 1.82) is 0 Å². The van der Waals surface area contributed by atoms with Crippen LogP contribution in [0.4, 0.5) is 11.4 Å². The molecule has 0 aliphatic rings. The van der Waals surface area contributed by atoms with Crippen LogP contribution in [0.15, 0.2) is 66.9 Å². The van der Waals surface area contributed by atoms with Gasteiger partial charge in [-0.3, -0.25) is 9.78 Å². The Balaban J connectivity index is 1.60. The molecule has 3 aromatic rings. The number of hydrogen-bond acceptors (Lipinski definition) is 4. The van der Waals surface area contributed by atoms with Crippen LogP contribution in [-0.2, 0) is 6.61 Å². The maximum atomic E-state index is 12.4. The van der Waals surface area contributed by atoms with Crippen LogP contribution in [0, 0.1) is 6.92 Å². The van der Waals surface area contributed by atoms with Crippen molar-refractivity contribution in [2.45, 2.75) is 39.7 Å². The summed E-state index contributed by atoms with van der Waals surface area (Å²) in [5.74, 6) is 0.758. The number of anilines is 2. The Hall–Kier alpha value is -3.34. The number of nitrogens with one attached hydrogen (secondary N) is 2. The van der Waals surface area contributed by atoms with Gasteiger partial charge in [0, 0.05) is 29.7 Å². The number of aryl methyl sites for hydroxylation is 1. The van der Waals surface area contributed by atoms with E-state index in [0.29, 0.717) is 18.7 Å². The summed E-state index contributed by atoms with van der Waals surface area (Å²) >= 11 is 0. The van der Waals surface area contributed by atoms with E-state index in [1.165, 1.54) is 0 Å². The number of hydrogen-bond donors (Lipinski definition) is 2. The summed E-state index contributed by atoms with van der Waals surface area (Å²) in [6.07, 6.45) is 5.04. The van der Waals surface area contributed by atoms with Crippen molar-refractivity contribution in [2.24, 2.45) is 0 Å². The Morgan fingerprint density at radius 3 is 2.70 bits per heavy atom. The van der Waals surface area contributed by atoms with E-state index in [4.69, 9.17) is 4.74 Å². The molecule has 0 unspecified atom stereocenters. The maximum Gasteiger partial charge on any atom is 0.251 e. The summed E-state index contributed by atoms with van der Waals surface area (Å²) in [4.78, 5) is 16.6. The van der Waals surface area contributed by atoms with Crippen molar-refractivity contribution in [3.8, 4) is 5.75 Å². The summed E-state index contributed by atoms with van der Waals surface area (Å²) in [7, 11) is 0. The van der Waals surface area contributed by atoms with Crippen LogP contribution in [0.5, 0.6) is 5.75 Å². The highest BCUT2D eigenvalue weighted by molar-refractivity contribution is 5.95. The average Bonchev–Trinajstić information content (AvgIpc) is 2.78. The number of pyridine rings is 1. The predicted octanol–water partition coefficient (Wildman–Crippen LogP) is 5.63. The third-order valence-corrected chi connectivity index (χ3v) is 4.78. The van der Waals surface area contributed by atoms with Crippen molar-refractivity contribution in [3.63, 3.8) is 0 Å². The minimum atomic E-state index is -0.0373.